The van der Waals surface area contributed by atoms with Crippen LogP contribution in [-0.4, -0.2) is 48.8 Å². The molecule has 20 heavy (non-hydrogen) atoms. The maximum Gasteiger partial charge on any atom is 0.0767 e. The molecule has 2 N–H and O–H groups in total. The lowest BCUT2D eigenvalue weighted by molar-refractivity contribution is -0.0652. The van der Waals surface area contributed by atoms with Crippen molar-refractivity contribution >= 4 is 0 Å². The van der Waals surface area contributed by atoms with Gasteiger partial charge >= 0.3 is 0 Å². The Morgan fingerprint density at radius 3 is 2.80 bits per heavy atom. The van der Waals surface area contributed by atoms with E-state index < -0.39 is 0 Å². The molecule has 2 atom stereocenters. The van der Waals surface area contributed by atoms with Crippen molar-refractivity contribution in [1.29, 1.82) is 0 Å². The molecule has 0 saturated heterocycles. The van der Waals surface area contributed by atoms with Crippen LogP contribution in [0.4, 0.5) is 0 Å². The Kier molecular flexibility index (Phi) is 5.52. The van der Waals surface area contributed by atoms with Gasteiger partial charge in [-0.1, -0.05) is 12.8 Å². The maximum absolute atomic E-state index is 6.14. The standard InChI is InChI=1S/C16H27N3O/c1-19(12-8-14-6-10-18-11-7-14)16(13-17)9-4-3-5-15(16)20-2/h6-7,10-11,15H,3-5,8-9,12-13,17H2,1-2H3. The molecule has 1 aromatic heterocycles. The topological polar surface area (TPSA) is 51.4 Å². The van der Waals surface area contributed by atoms with Gasteiger partial charge in [-0.2, -0.15) is 0 Å². The predicted molar refractivity (Wildman–Crippen MR) is 81.6 cm³/mol. The van der Waals surface area contributed by atoms with Gasteiger partial charge < -0.3 is 10.5 Å². The monoisotopic (exact) mass is 277 g/mol. The first kappa shape index (κ1) is 15.4. The third kappa shape index (κ3) is 3.19. The molecule has 0 aromatic carbocycles. The number of hydrogen-bond donors (Lipinski definition) is 1. The fourth-order valence-electron chi connectivity index (χ4n) is 3.42. The fourth-order valence-corrected chi connectivity index (χ4v) is 3.42. The molecule has 0 spiro atoms. The molecule has 1 aliphatic rings. The lowest BCUT2D eigenvalue weighted by atomic mass is 9.77. The van der Waals surface area contributed by atoms with Crippen LogP contribution in [0.2, 0.25) is 0 Å². The van der Waals surface area contributed by atoms with Crippen LogP contribution in [0.25, 0.3) is 0 Å². The molecule has 4 heteroatoms. The van der Waals surface area contributed by atoms with E-state index in [1.807, 2.05) is 19.5 Å². The van der Waals surface area contributed by atoms with Crippen LogP contribution < -0.4 is 5.73 Å². The van der Waals surface area contributed by atoms with E-state index in [0.29, 0.717) is 6.54 Å². The van der Waals surface area contributed by atoms with Gasteiger partial charge in [0, 0.05) is 32.6 Å². The molecule has 1 saturated carbocycles. The summed E-state index contributed by atoms with van der Waals surface area (Å²) in [6.45, 7) is 1.67. The van der Waals surface area contributed by atoms with Crippen molar-refractivity contribution in [2.75, 3.05) is 27.2 Å². The Balaban J connectivity index is 2.02. The quantitative estimate of drug-likeness (QED) is 0.862. The molecule has 1 heterocycles. The average Bonchev–Trinajstić information content (AvgIpc) is 2.53. The normalized spacial score (nSPS) is 26.9. The van der Waals surface area contributed by atoms with Crippen LogP contribution in [0.5, 0.6) is 0 Å². The van der Waals surface area contributed by atoms with Crippen LogP contribution in [0, 0.1) is 0 Å². The van der Waals surface area contributed by atoms with E-state index in [4.69, 9.17) is 10.5 Å². The number of ether oxygens (including phenoxy) is 1. The highest BCUT2D eigenvalue weighted by Crippen LogP contribution is 2.34. The van der Waals surface area contributed by atoms with E-state index in [9.17, 15) is 0 Å². The van der Waals surface area contributed by atoms with Crippen molar-refractivity contribution in [3.8, 4) is 0 Å². The molecule has 2 unspecified atom stereocenters. The highest BCUT2D eigenvalue weighted by Gasteiger charge is 2.42. The Bertz CT molecular complexity index is 398. The first-order valence-corrected chi connectivity index (χ1v) is 7.56. The zero-order valence-corrected chi connectivity index (χ0v) is 12.7. The number of hydrogen-bond acceptors (Lipinski definition) is 4. The van der Waals surface area contributed by atoms with Crippen LogP contribution in [-0.2, 0) is 11.2 Å². The number of methoxy groups -OCH3 is 1. The van der Waals surface area contributed by atoms with E-state index in [1.54, 1.807) is 0 Å². The predicted octanol–water partition coefficient (Wildman–Crippen LogP) is 1.84. The Morgan fingerprint density at radius 1 is 1.40 bits per heavy atom. The average molecular weight is 277 g/mol. The SMILES string of the molecule is COC1CCCCC1(CN)N(C)CCc1ccncc1. The van der Waals surface area contributed by atoms with Crippen molar-refractivity contribution in [1.82, 2.24) is 9.88 Å². The van der Waals surface area contributed by atoms with Crippen LogP contribution >= 0.6 is 0 Å². The molecule has 0 radical (unpaired) electrons. The van der Waals surface area contributed by atoms with E-state index in [1.165, 1.54) is 18.4 Å². The van der Waals surface area contributed by atoms with Crippen LogP contribution in [0.1, 0.15) is 31.2 Å². The number of nitrogens with two attached hydrogens (primary N) is 1. The molecule has 1 aliphatic carbocycles. The third-order valence-corrected chi connectivity index (χ3v) is 4.81. The summed E-state index contributed by atoms with van der Waals surface area (Å²) in [6, 6.07) is 4.16. The minimum absolute atomic E-state index is 0.0000301. The van der Waals surface area contributed by atoms with E-state index in [0.717, 1.165) is 25.8 Å². The number of pyridine rings is 1. The molecule has 2 rings (SSSR count). The van der Waals surface area contributed by atoms with Crippen molar-refractivity contribution in [3.05, 3.63) is 30.1 Å². The Morgan fingerprint density at radius 2 is 2.15 bits per heavy atom. The van der Waals surface area contributed by atoms with E-state index in [-0.39, 0.29) is 11.6 Å². The van der Waals surface area contributed by atoms with Gasteiger partial charge in [-0.05, 0) is 44.0 Å². The van der Waals surface area contributed by atoms with Gasteiger partial charge in [0.05, 0.1) is 11.6 Å². The van der Waals surface area contributed by atoms with Crippen LogP contribution in [0.15, 0.2) is 24.5 Å². The highest BCUT2D eigenvalue weighted by atomic mass is 16.5. The lowest BCUT2D eigenvalue weighted by Gasteiger charge is -2.49. The van der Waals surface area contributed by atoms with Crippen molar-refractivity contribution in [2.45, 2.75) is 43.7 Å². The maximum atomic E-state index is 6.14. The minimum atomic E-state index is 0.0000301. The second kappa shape index (κ2) is 7.16. The lowest BCUT2D eigenvalue weighted by Crippen LogP contribution is -2.62. The number of nitrogens with zero attached hydrogens (tertiary/aromatic N) is 2. The first-order valence-electron chi connectivity index (χ1n) is 7.56. The Hall–Kier alpha value is -0.970. The molecule has 1 fully saturated rings. The summed E-state index contributed by atoms with van der Waals surface area (Å²) in [4.78, 5) is 6.48. The molecule has 1 aromatic rings. The third-order valence-electron chi connectivity index (χ3n) is 4.81. The summed E-state index contributed by atoms with van der Waals surface area (Å²) in [5.74, 6) is 0. The van der Waals surface area contributed by atoms with Gasteiger partial charge in [0.15, 0.2) is 0 Å². The van der Waals surface area contributed by atoms with Crippen LogP contribution in [0.3, 0.4) is 0 Å². The van der Waals surface area contributed by atoms with Gasteiger partial charge in [-0.3, -0.25) is 9.88 Å². The van der Waals surface area contributed by atoms with Crippen molar-refractivity contribution in [2.24, 2.45) is 5.73 Å². The molecule has 4 nitrogen and oxygen atoms in total. The van der Waals surface area contributed by atoms with Crippen molar-refractivity contribution < 1.29 is 4.74 Å². The molecule has 0 bridgehead atoms. The summed E-state index contributed by atoms with van der Waals surface area (Å²) < 4.78 is 5.74. The fraction of sp³-hybridized carbons (Fsp3) is 0.688. The summed E-state index contributed by atoms with van der Waals surface area (Å²) in [6.07, 6.45) is 9.73. The molecular formula is C16H27N3O. The van der Waals surface area contributed by atoms with E-state index in [2.05, 4.69) is 29.1 Å². The molecule has 0 aliphatic heterocycles. The van der Waals surface area contributed by atoms with Gasteiger partial charge in [0.25, 0.3) is 0 Å². The summed E-state index contributed by atoms with van der Waals surface area (Å²) >= 11 is 0. The van der Waals surface area contributed by atoms with Crippen molar-refractivity contribution in [3.63, 3.8) is 0 Å². The van der Waals surface area contributed by atoms with Gasteiger partial charge in [-0.15, -0.1) is 0 Å². The largest absolute Gasteiger partial charge is 0.379 e. The number of aromatic nitrogens is 1. The zero-order chi connectivity index (χ0) is 14.4. The Labute approximate surface area is 122 Å². The smallest absolute Gasteiger partial charge is 0.0767 e. The molecule has 0 amide bonds. The number of rotatable bonds is 6. The van der Waals surface area contributed by atoms with E-state index >= 15 is 0 Å². The molecular weight excluding hydrogens is 250 g/mol. The minimum Gasteiger partial charge on any atom is -0.379 e. The summed E-state index contributed by atoms with van der Waals surface area (Å²) in [5.41, 5.74) is 7.47. The van der Waals surface area contributed by atoms with Gasteiger partial charge in [0.1, 0.15) is 0 Å². The zero-order valence-electron chi connectivity index (χ0n) is 12.7. The van der Waals surface area contributed by atoms with Gasteiger partial charge in [-0.25, -0.2) is 0 Å². The highest BCUT2D eigenvalue weighted by molar-refractivity contribution is 5.10. The van der Waals surface area contributed by atoms with Gasteiger partial charge in [0.2, 0.25) is 0 Å². The second-order valence-corrected chi connectivity index (χ2v) is 5.80. The second-order valence-electron chi connectivity index (χ2n) is 5.80. The first-order chi connectivity index (χ1) is 9.73. The molecule has 112 valence electrons. The summed E-state index contributed by atoms with van der Waals surface area (Å²) in [5, 5.41) is 0. The number of likely N-dealkylation sites (N-methyl/N-ethyl adjacent to an activating group) is 1. The summed E-state index contributed by atoms with van der Waals surface area (Å²) in [7, 11) is 4.00.